The number of aryl methyl sites for hydroxylation is 1. The molecule has 53 heavy (non-hydrogen) atoms. The second kappa shape index (κ2) is 14.8. The molecule has 13 nitrogen and oxygen atoms in total. The number of hydrogen-bond acceptors (Lipinski definition) is 11. The molecule has 3 aliphatic heterocycles. The molecular weight excluding hydrogens is 670 g/mol. The number of hydrogen-bond donors (Lipinski definition) is 0. The van der Waals surface area contributed by atoms with Gasteiger partial charge in [-0.25, -0.2) is 9.48 Å². The maximum atomic E-state index is 13.3. The van der Waals surface area contributed by atoms with Crippen molar-refractivity contribution in [3.63, 3.8) is 0 Å². The number of fused-ring (bicyclic) bond motifs is 2. The Balaban J connectivity index is 1.07. The van der Waals surface area contributed by atoms with E-state index in [0.29, 0.717) is 38.8 Å². The molecule has 1 aliphatic carbocycles. The number of likely N-dealkylation sites (N-methyl/N-ethyl adjacent to an activating group) is 1. The number of amides is 1. The quantitative estimate of drug-likeness (QED) is 0.203. The molecule has 0 radical (unpaired) electrons. The summed E-state index contributed by atoms with van der Waals surface area (Å²) in [6.45, 7) is 6.44. The maximum absolute atomic E-state index is 13.3. The number of ether oxygens (including phenoxy) is 3. The Morgan fingerprint density at radius 1 is 1.08 bits per heavy atom. The van der Waals surface area contributed by atoms with Gasteiger partial charge in [-0.15, -0.1) is 0 Å². The van der Waals surface area contributed by atoms with E-state index in [1.165, 1.54) is 11.3 Å². The van der Waals surface area contributed by atoms with Crippen LogP contribution in [0.15, 0.2) is 48.7 Å². The highest BCUT2D eigenvalue weighted by Gasteiger charge is 2.46. The summed E-state index contributed by atoms with van der Waals surface area (Å²) >= 11 is 0. The fourth-order valence-electron chi connectivity index (χ4n) is 8.12. The van der Waals surface area contributed by atoms with E-state index in [1.54, 1.807) is 4.90 Å². The highest BCUT2D eigenvalue weighted by molar-refractivity contribution is 5.94. The highest BCUT2D eigenvalue weighted by atomic mass is 16.6. The lowest BCUT2D eigenvalue weighted by Crippen LogP contribution is -2.55. The largest absolute Gasteiger partial charge is 0.461 e. The number of rotatable bonds is 10. The van der Waals surface area contributed by atoms with Crippen molar-refractivity contribution >= 4 is 28.5 Å². The molecule has 1 unspecified atom stereocenters. The predicted molar refractivity (Wildman–Crippen MR) is 201 cm³/mol. The molecule has 2 saturated heterocycles. The van der Waals surface area contributed by atoms with Crippen LogP contribution in [0.1, 0.15) is 67.1 Å². The molecule has 278 valence electrons. The highest BCUT2D eigenvalue weighted by Crippen LogP contribution is 2.41. The SMILES string of the molecule is Cc1ccc2c(cnn2C2CCCCO2)c1N1CCc2c(nc(OCC3(N(C)C)CC3)nc2N2CCN(C(=O)OCc3ccccc3)[C@@H](CC#N)C2)C1. The summed E-state index contributed by atoms with van der Waals surface area (Å²) in [5.74, 6) is 0.830. The predicted octanol–water partition coefficient (Wildman–Crippen LogP) is 5.61. The van der Waals surface area contributed by atoms with Crippen molar-refractivity contribution in [2.24, 2.45) is 0 Å². The van der Waals surface area contributed by atoms with E-state index >= 15 is 0 Å². The third kappa shape index (κ3) is 7.10. The van der Waals surface area contributed by atoms with Gasteiger partial charge >= 0.3 is 12.1 Å². The van der Waals surface area contributed by atoms with E-state index in [-0.39, 0.29) is 30.8 Å². The first-order valence-electron chi connectivity index (χ1n) is 19.0. The third-order valence-corrected chi connectivity index (χ3v) is 11.5. The lowest BCUT2D eigenvalue weighted by Gasteiger charge is -2.42. The molecule has 0 bridgehead atoms. The Morgan fingerprint density at radius 3 is 2.68 bits per heavy atom. The lowest BCUT2D eigenvalue weighted by atomic mass is 10.0. The number of aromatic nitrogens is 4. The second-order valence-electron chi connectivity index (χ2n) is 15.1. The van der Waals surface area contributed by atoms with Crippen LogP contribution in [0.5, 0.6) is 6.01 Å². The Hall–Kier alpha value is -4.93. The molecule has 2 aromatic carbocycles. The van der Waals surface area contributed by atoms with Gasteiger partial charge in [0.05, 0.1) is 53.7 Å². The Morgan fingerprint density at radius 2 is 1.92 bits per heavy atom. The molecule has 2 aromatic heterocycles. The minimum atomic E-state index is -0.403. The van der Waals surface area contributed by atoms with Crippen molar-refractivity contribution in [3.05, 3.63) is 71.0 Å². The molecular formula is C40H49N9O4. The maximum Gasteiger partial charge on any atom is 0.410 e. The number of piperazine rings is 1. The first-order valence-corrected chi connectivity index (χ1v) is 19.0. The van der Waals surface area contributed by atoms with E-state index < -0.39 is 6.09 Å². The number of carbonyl (C=O) groups excluding carboxylic acids is 1. The molecule has 0 spiro atoms. The number of nitriles is 1. The summed E-state index contributed by atoms with van der Waals surface area (Å²) in [5.41, 5.74) is 6.39. The van der Waals surface area contributed by atoms with Crippen LogP contribution in [0.4, 0.5) is 16.3 Å². The molecule has 13 heteroatoms. The zero-order valence-electron chi connectivity index (χ0n) is 31.0. The number of benzene rings is 2. The monoisotopic (exact) mass is 719 g/mol. The smallest absolute Gasteiger partial charge is 0.410 e. The lowest BCUT2D eigenvalue weighted by molar-refractivity contribution is -0.0366. The van der Waals surface area contributed by atoms with Crippen molar-refractivity contribution in [2.45, 2.75) is 82.8 Å². The number of anilines is 2. The average Bonchev–Trinajstić information content (AvgIpc) is 3.87. The van der Waals surface area contributed by atoms with Crippen LogP contribution < -0.4 is 14.5 Å². The summed E-state index contributed by atoms with van der Waals surface area (Å²) in [6.07, 6.45) is 7.82. The topological polar surface area (TPSA) is 125 Å². The van der Waals surface area contributed by atoms with Gasteiger partial charge in [0, 0.05) is 43.7 Å². The summed E-state index contributed by atoms with van der Waals surface area (Å²) in [6, 6.07) is 16.3. The zero-order chi connectivity index (χ0) is 36.5. The minimum absolute atomic E-state index is 0.00402. The molecule has 3 fully saturated rings. The van der Waals surface area contributed by atoms with Crippen molar-refractivity contribution in [3.8, 4) is 12.1 Å². The van der Waals surface area contributed by atoms with Gasteiger partial charge in [-0.1, -0.05) is 36.4 Å². The Kier molecular flexibility index (Phi) is 9.83. The third-order valence-electron chi connectivity index (χ3n) is 11.5. The van der Waals surface area contributed by atoms with Crippen molar-refractivity contribution in [1.29, 1.82) is 5.26 Å². The molecule has 8 rings (SSSR count). The normalized spacial score (nSPS) is 21.0. The first-order chi connectivity index (χ1) is 25.8. The average molecular weight is 720 g/mol. The van der Waals surface area contributed by atoms with E-state index in [0.717, 1.165) is 85.2 Å². The fourth-order valence-corrected chi connectivity index (χ4v) is 8.12. The Labute approximate surface area is 311 Å². The Bertz CT molecular complexity index is 1980. The van der Waals surface area contributed by atoms with Crippen LogP contribution in [-0.4, -0.2) is 101 Å². The summed E-state index contributed by atoms with van der Waals surface area (Å²) in [7, 11) is 4.19. The summed E-state index contributed by atoms with van der Waals surface area (Å²) in [5, 5.41) is 15.8. The van der Waals surface area contributed by atoms with Crippen LogP contribution in [0, 0.1) is 18.3 Å². The van der Waals surface area contributed by atoms with Crippen LogP contribution in [-0.2, 0) is 29.0 Å². The molecule has 1 amide bonds. The second-order valence-corrected chi connectivity index (χ2v) is 15.1. The van der Waals surface area contributed by atoms with Gasteiger partial charge in [-0.2, -0.15) is 20.3 Å². The molecule has 2 atom stereocenters. The number of nitrogens with zero attached hydrogens (tertiary/aromatic N) is 9. The fraction of sp³-hybridized carbons (Fsp3) is 0.525. The first kappa shape index (κ1) is 35.1. The number of carbonyl (C=O) groups is 1. The van der Waals surface area contributed by atoms with Gasteiger partial charge in [0.2, 0.25) is 0 Å². The van der Waals surface area contributed by atoms with Crippen LogP contribution >= 0.6 is 0 Å². The summed E-state index contributed by atoms with van der Waals surface area (Å²) < 4.78 is 20.3. The van der Waals surface area contributed by atoms with E-state index in [4.69, 9.17) is 29.3 Å². The minimum Gasteiger partial charge on any atom is -0.461 e. The van der Waals surface area contributed by atoms with Gasteiger partial charge in [0.1, 0.15) is 19.0 Å². The molecule has 1 saturated carbocycles. The van der Waals surface area contributed by atoms with E-state index in [9.17, 15) is 10.1 Å². The van der Waals surface area contributed by atoms with Gasteiger partial charge in [-0.3, -0.25) is 0 Å². The van der Waals surface area contributed by atoms with Gasteiger partial charge in [-0.05, 0) is 76.7 Å². The molecule has 4 aliphatic rings. The molecule has 0 N–H and O–H groups in total. The van der Waals surface area contributed by atoms with Gasteiger partial charge in [0.15, 0.2) is 6.23 Å². The summed E-state index contributed by atoms with van der Waals surface area (Å²) in [4.78, 5) is 32.0. The van der Waals surface area contributed by atoms with Gasteiger partial charge in [0.25, 0.3) is 0 Å². The van der Waals surface area contributed by atoms with Crippen LogP contribution in [0.2, 0.25) is 0 Å². The van der Waals surface area contributed by atoms with Gasteiger partial charge < -0.3 is 33.8 Å². The molecule has 4 aromatic rings. The zero-order valence-corrected chi connectivity index (χ0v) is 31.0. The molecule has 5 heterocycles. The van der Waals surface area contributed by atoms with Crippen LogP contribution in [0.3, 0.4) is 0 Å². The van der Waals surface area contributed by atoms with Crippen molar-refractivity contribution < 1.29 is 19.0 Å². The van der Waals surface area contributed by atoms with E-state index in [1.807, 2.05) is 36.5 Å². The van der Waals surface area contributed by atoms with E-state index in [2.05, 4.69) is 58.6 Å². The van der Waals surface area contributed by atoms with Crippen molar-refractivity contribution in [2.75, 3.05) is 63.3 Å². The van der Waals surface area contributed by atoms with Crippen molar-refractivity contribution in [1.82, 2.24) is 29.5 Å². The standard InChI is InChI=1S/C40H49N9O4/c1-28-12-13-34-32(23-42-49(34)35-11-7-8-22-51-35)36(28)46-19-15-31-33(25-46)43-38(53-27-40(16-17-40)45(2)3)44-37(31)47-20-21-48(30(24-47)14-18-41)39(50)52-26-29-9-5-4-6-10-29/h4-6,9-10,12-13,23,30,35H,7-8,11,14-17,19-22,24-27H2,1-3H3/t30-,35?/m0/s1. The van der Waals surface area contributed by atoms with Crippen LogP contribution in [0.25, 0.3) is 10.9 Å².